The van der Waals surface area contributed by atoms with Crippen molar-refractivity contribution in [2.75, 3.05) is 27.2 Å². The lowest BCUT2D eigenvalue weighted by Gasteiger charge is -2.30. The summed E-state index contributed by atoms with van der Waals surface area (Å²) < 4.78 is 1.21. The number of quaternary nitrogens is 1. The molecule has 0 spiro atoms. The van der Waals surface area contributed by atoms with E-state index in [4.69, 9.17) is 0 Å². The van der Waals surface area contributed by atoms with E-state index in [0.29, 0.717) is 0 Å². The number of rotatable bonds is 9. The van der Waals surface area contributed by atoms with Crippen LogP contribution in [0.25, 0.3) is 0 Å². The van der Waals surface area contributed by atoms with Gasteiger partial charge in [0.25, 0.3) is 0 Å². The Morgan fingerprint density at radius 2 is 1.47 bits per heavy atom. The van der Waals surface area contributed by atoms with Crippen LogP contribution in [0.2, 0.25) is 0 Å². The smallest absolute Gasteiger partial charge is 0.0784 e. The SMILES string of the molecule is CCCCCCC[N+](C)(C)CCC(C)C. The molecule has 0 rings (SSSR count). The van der Waals surface area contributed by atoms with Gasteiger partial charge in [-0.05, 0) is 25.2 Å². The summed E-state index contributed by atoms with van der Waals surface area (Å²) in [5.41, 5.74) is 0. The molecule has 0 aromatic rings. The molecular weight excluding hydrogens is 182 g/mol. The van der Waals surface area contributed by atoms with E-state index >= 15 is 0 Å². The minimum Gasteiger partial charge on any atom is -0.328 e. The Labute approximate surface area is 97.5 Å². The lowest BCUT2D eigenvalue weighted by Crippen LogP contribution is -2.41. The average Bonchev–Trinajstić information content (AvgIpc) is 2.15. The molecule has 92 valence electrons. The van der Waals surface area contributed by atoms with Gasteiger partial charge in [-0.2, -0.15) is 0 Å². The highest BCUT2D eigenvalue weighted by atomic mass is 15.3. The number of hydrogen-bond acceptors (Lipinski definition) is 0. The van der Waals surface area contributed by atoms with Gasteiger partial charge in [-0.15, -0.1) is 0 Å². The predicted octanol–water partition coefficient (Wildman–Crippen LogP) is 4.08. The minimum absolute atomic E-state index is 0.850. The maximum absolute atomic E-state index is 2.38. The van der Waals surface area contributed by atoms with Gasteiger partial charge in [-0.3, -0.25) is 0 Å². The van der Waals surface area contributed by atoms with E-state index in [0.717, 1.165) is 5.92 Å². The molecule has 0 amide bonds. The van der Waals surface area contributed by atoms with E-state index in [2.05, 4.69) is 34.9 Å². The summed E-state index contributed by atoms with van der Waals surface area (Å²) in [6, 6.07) is 0. The van der Waals surface area contributed by atoms with Crippen LogP contribution in [0.1, 0.15) is 59.3 Å². The first-order valence-corrected chi connectivity index (χ1v) is 6.80. The molecular formula is C14H32N+. The van der Waals surface area contributed by atoms with Crippen LogP contribution in [0.5, 0.6) is 0 Å². The monoisotopic (exact) mass is 214 g/mol. The second kappa shape index (κ2) is 8.15. The Balaban J connectivity index is 3.46. The van der Waals surface area contributed by atoms with Crippen molar-refractivity contribution >= 4 is 0 Å². The molecule has 0 atom stereocenters. The molecule has 0 saturated carbocycles. The molecule has 0 aliphatic heterocycles. The van der Waals surface area contributed by atoms with E-state index in [-0.39, 0.29) is 0 Å². The summed E-state index contributed by atoms with van der Waals surface area (Å²) >= 11 is 0. The maximum atomic E-state index is 2.38. The molecule has 0 aliphatic carbocycles. The van der Waals surface area contributed by atoms with Gasteiger partial charge in [0, 0.05) is 0 Å². The topological polar surface area (TPSA) is 0 Å². The lowest BCUT2D eigenvalue weighted by molar-refractivity contribution is -0.891. The van der Waals surface area contributed by atoms with Crippen molar-refractivity contribution in [2.24, 2.45) is 5.92 Å². The van der Waals surface area contributed by atoms with Crippen molar-refractivity contribution in [1.82, 2.24) is 0 Å². The summed E-state index contributed by atoms with van der Waals surface area (Å²) in [7, 11) is 4.75. The molecule has 15 heavy (non-hydrogen) atoms. The Bertz CT molecular complexity index is 138. The molecule has 1 heteroatoms. The van der Waals surface area contributed by atoms with Gasteiger partial charge < -0.3 is 4.48 Å². The highest BCUT2D eigenvalue weighted by Gasteiger charge is 2.14. The third-order valence-corrected chi connectivity index (χ3v) is 3.18. The zero-order chi connectivity index (χ0) is 11.7. The quantitative estimate of drug-likeness (QED) is 0.401. The number of hydrogen-bond donors (Lipinski definition) is 0. The zero-order valence-corrected chi connectivity index (χ0v) is 11.7. The van der Waals surface area contributed by atoms with Gasteiger partial charge in [0.15, 0.2) is 0 Å². The van der Waals surface area contributed by atoms with Gasteiger partial charge in [0.1, 0.15) is 0 Å². The van der Waals surface area contributed by atoms with Crippen LogP contribution >= 0.6 is 0 Å². The third kappa shape index (κ3) is 10.2. The summed E-state index contributed by atoms with van der Waals surface area (Å²) in [6.45, 7) is 9.62. The van der Waals surface area contributed by atoms with Gasteiger partial charge in [0.2, 0.25) is 0 Å². The largest absolute Gasteiger partial charge is 0.328 e. The Morgan fingerprint density at radius 3 is 2.00 bits per heavy atom. The summed E-state index contributed by atoms with van der Waals surface area (Å²) in [5, 5.41) is 0. The molecule has 0 unspecified atom stereocenters. The van der Waals surface area contributed by atoms with Crippen molar-refractivity contribution < 1.29 is 4.48 Å². The normalized spacial score (nSPS) is 12.4. The van der Waals surface area contributed by atoms with Crippen molar-refractivity contribution in [2.45, 2.75) is 59.3 Å². The Hall–Kier alpha value is -0.0400. The highest BCUT2D eigenvalue weighted by Crippen LogP contribution is 2.10. The van der Waals surface area contributed by atoms with Crippen molar-refractivity contribution in [3.8, 4) is 0 Å². The molecule has 0 aromatic heterocycles. The van der Waals surface area contributed by atoms with Gasteiger partial charge in [-0.1, -0.05) is 40.0 Å². The highest BCUT2D eigenvalue weighted by molar-refractivity contribution is 4.46. The van der Waals surface area contributed by atoms with E-state index in [1.165, 1.54) is 56.1 Å². The molecule has 0 fully saturated rings. The molecule has 0 bridgehead atoms. The molecule has 0 N–H and O–H groups in total. The van der Waals surface area contributed by atoms with Crippen LogP contribution in [0.4, 0.5) is 0 Å². The fourth-order valence-corrected chi connectivity index (χ4v) is 1.86. The number of nitrogens with zero attached hydrogens (tertiary/aromatic N) is 1. The van der Waals surface area contributed by atoms with E-state index in [1.54, 1.807) is 0 Å². The molecule has 0 aliphatic rings. The van der Waals surface area contributed by atoms with Gasteiger partial charge in [0.05, 0.1) is 27.2 Å². The van der Waals surface area contributed by atoms with Crippen LogP contribution in [0, 0.1) is 5.92 Å². The van der Waals surface area contributed by atoms with Crippen LogP contribution in [-0.2, 0) is 0 Å². The van der Waals surface area contributed by atoms with Crippen LogP contribution < -0.4 is 0 Å². The van der Waals surface area contributed by atoms with Gasteiger partial charge in [-0.25, -0.2) is 0 Å². The molecule has 0 radical (unpaired) electrons. The standard InChI is InChI=1S/C14H32N/c1-6-7-8-9-10-12-15(4,5)13-11-14(2)3/h14H,6-13H2,1-5H3/q+1. The van der Waals surface area contributed by atoms with E-state index in [9.17, 15) is 0 Å². The fourth-order valence-electron chi connectivity index (χ4n) is 1.86. The van der Waals surface area contributed by atoms with E-state index < -0.39 is 0 Å². The number of unbranched alkanes of at least 4 members (excludes halogenated alkanes) is 4. The zero-order valence-electron chi connectivity index (χ0n) is 11.7. The van der Waals surface area contributed by atoms with Crippen LogP contribution in [0.15, 0.2) is 0 Å². The Kier molecular flexibility index (Phi) is 8.13. The lowest BCUT2D eigenvalue weighted by atomic mass is 10.1. The van der Waals surface area contributed by atoms with Crippen molar-refractivity contribution in [1.29, 1.82) is 0 Å². The van der Waals surface area contributed by atoms with E-state index in [1.807, 2.05) is 0 Å². The van der Waals surface area contributed by atoms with Crippen molar-refractivity contribution in [3.05, 3.63) is 0 Å². The molecule has 0 heterocycles. The first-order chi connectivity index (χ1) is 6.98. The predicted molar refractivity (Wildman–Crippen MR) is 70.1 cm³/mol. The first-order valence-electron chi connectivity index (χ1n) is 6.80. The minimum atomic E-state index is 0.850. The average molecular weight is 214 g/mol. The fraction of sp³-hybridized carbons (Fsp3) is 1.00. The summed E-state index contributed by atoms with van der Waals surface area (Å²) in [5.74, 6) is 0.850. The van der Waals surface area contributed by atoms with Crippen molar-refractivity contribution in [3.63, 3.8) is 0 Å². The molecule has 1 nitrogen and oxygen atoms in total. The van der Waals surface area contributed by atoms with Crippen LogP contribution in [-0.4, -0.2) is 31.7 Å². The van der Waals surface area contributed by atoms with Gasteiger partial charge >= 0.3 is 0 Å². The second-order valence-corrected chi connectivity index (χ2v) is 5.98. The van der Waals surface area contributed by atoms with Crippen LogP contribution in [0.3, 0.4) is 0 Å². The Morgan fingerprint density at radius 1 is 0.867 bits per heavy atom. The summed E-state index contributed by atoms with van der Waals surface area (Å²) in [4.78, 5) is 0. The maximum Gasteiger partial charge on any atom is 0.0784 e. The summed E-state index contributed by atoms with van der Waals surface area (Å²) in [6.07, 6.45) is 8.40. The second-order valence-electron chi connectivity index (χ2n) is 5.98. The molecule has 0 aromatic carbocycles. The first kappa shape index (κ1) is 15.0. The third-order valence-electron chi connectivity index (χ3n) is 3.18. The molecule has 0 saturated heterocycles.